The lowest BCUT2D eigenvalue weighted by molar-refractivity contribution is -0.143. The van der Waals surface area contributed by atoms with Crippen molar-refractivity contribution in [3.05, 3.63) is 34.3 Å². The van der Waals surface area contributed by atoms with Crippen molar-refractivity contribution >= 4 is 23.5 Å². The zero-order valence-corrected chi connectivity index (χ0v) is 12.9. The molecule has 1 heterocycles. The maximum absolute atomic E-state index is 12.5. The van der Waals surface area contributed by atoms with Crippen molar-refractivity contribution in [2.45, 2.75) is 19.9 Å². The first-order chi connectivity index (χ1) is 9.90. The fourth-order valence-corrected chi connectivity index (χ4v) is 2.64. The largest absolute Gasteiger partial charge is 0.480 e. The highest BCUT2D eigenvalue weighted by Gasteiger charge is 2.28. The van der Waals surface area contributed by atoms with Gasteiger partial charge in [-0.25, -0.2) is 0 Å². The average molecular weight is 311 g/mol. The first-order valence-corrected chi connectivity index (χ1v) is 7.30. The molecule has 1 fully saturated rings. The summed E-state index contributed by atoms with van der Waals surface area (Å²) >= 11 is 5.96. The molecule has 5 nitrogen and oxygen atoms in total. The van der Waals surface area contributed by atoms with Crippen LogP contribution in [0.2, 0.25) is 5.02 Å². The van der Waals surface area contributed by atoms with Gasteiger partial charge in [-0.1, -0.05) is 17.7 Å². The second-order valence-corrected chi connectivity index (χ2v) is 5.74. The Bertz CT molecular complexity index is 554. The number of carboxylic acids is 1. The second-order valence-electron chi connectivity index (χ2n) is 5.30. The maximum atomic E-state index is 12.5. The van der Waals surface area contributed by atoms with Crippen molar-refractivity contribution in [2.75, 3.05) is 26.2 Å². The van der Waals surface area contributed by atoms with Crippen molar-refractivity contribution in [1.29, 1.82) is 0 Å². The molecule has 1 aliphatic heterocycles. The normalized spacial score (nSPS) is 17.6. The van der Waals surface area contributed by atoms with Gasteiger partial charge in [0.05, 0.1) is 0 Å². The zero-order valence-electron chi connectivity index (χ0n) is 12.2. The van der Waals surface area contributed by atoms with E-state index >= 15 is 0 Å². The van der Waals surface area contributed by atoms with Crippen molar-refractivity contribution in [2.24, 2.45) is 0 Å². The van der Waals surface area contributed by atoms with E-state index in [1.165, 1.54) is 0 Å². The highest BCUT2D eigenvalue weighted by Crippen LogP contribution is 2.18. The third-order valence-electron chi connectivity index (χ3n) is 3.94. The number of aryl methyl sites for hydroxylation is 1. The van der Waals surface area contributed by atoms with E-state index in [1.807, 2.05) is 17.9 Å². The summed E-state index contributed by atoms with van der Waals surface area (Å²) in [4.78, 5) is 27.1. The molecule has 1 saturated heterocycles. The summed E-state index contributed by atoms with van der Waals surface area (Å²) in [5.74, 6) is -0.877. The number of aliphatic carboxylic acids is 1. The average Bonchev–Trinajstić information content (AvgIpc) is 2.48. The molecule has 21 heavy (non-hydrogen) atoms. The van der Waals surface area contributed by atoms with Crippen LogP contribution in [0.25, 0.3) is 0 Å². The number of hydrogen-bond acceptors (Lipinski definition) is 3. The predicted octanol–water partition coefficient (Wildman–Crippen LogP) is 1.88. The lowest BCUT2D eigenvalue weighted by atomic mass is 10.1. The van der Waals surface area contributed by atoms with Gasteiger partial charge >= 0.3 is 5.97 Å². The number of halogens is 1. The van der Waals surface area contributed by atoms with Gasteiger partial charge in [-0.3, -0.25) is 14.5 Å². The second kappa shape index (κ2) is 6.45. The number of carboxylic acid groups (broad SMARTS) is 1. The number of carbonyl (C=O) groups excluding carboxylic acids is 1. The number of nitrogens with zero attached hydrogens (tertiary/aromatic N) is 2. The molecule has 6 heteroatoms. The lowest BCUT2D eigenvalue weighted by Crippen LogP contribution is -2.53. The number of carbonyl (C=O) groups is 2. The van der Waals surface area contributed by atoms with Gasteiger partial charge in [0.1, 0.15) is 6.04 Å². The van der Waals surface area contributed by atoms with E-state index in [-0.39, 0.29) is 5.91 Å². The first-order valence-electron chi connectivity index (χ1n) is 6.92. The highest BCUT2D eigenvalue weighted by atomic mass is 35.5. The molecule has 1 atom stereocenters. The van der Waals surface area contributed by atoms with Crippen LogP contribution in [0.1, 0.15) is 22.8 Å². The molecule has 1 amide bonds. The third-order valence-corrected chi connectivity index (χ3v) is 4.17. The molecule has 1 aliphatic rings. The molecular weight excluding hydrogens is 292 g/mol. The van der Waals surface area contributed by atoms with Crippen LogP contribution in [0.3, 0.4) is 0 Å². The van der Waals surface area contributed by atoms with Gasteiger partial charge in [0.25, 0.3) is 5.91 Å². The first kappa shape index (κ1) is 15.8. The monoisotopic (exact) mass is 310 g/mol. The molecular formula is C15H19ClN2O3. The summed E-state index contributed by atoms with van der Waals surface area (Å²) in [5.41, 5.74) is 1.51. The molecule has 2 rings (SSSR count). The summed E-state index contributed by atoms with van der Waals surface area (Å²) in [7, 11) is 0. The van der Waals surface area contributed by atoms with E-state index in [1.54, 1.807) is 24.0 Å². The van der Waals surface area contributed by atoms with Gasteiger partial charge < -0.3 is 10.0 Å². The predicted molar refractivity (Wildman–Crippen MR) is 80.8 cm³/mol. The minimum Gasteiger partial charge on any atom is -0.480 e. The van der Waals surface area contributed by atoms with E-state index < -0.39 is 12.0 Å². The van der Waals surface area contributed by atoms with Crippen molar-refractivity contribution in [3.63, 3.8) is 0 Å². The van der Waals surface area contributed by atoms with E-state index in [2.05, 4.69) is 0 Å². The van der Waals surface area contributed by atoms with E-state index in [4.69, 9.17) is 16.7 Å². The summed E-state index contributed by atoms with van der Waals surface area (Å²) in [5, 5.41) is 9.56. The fraction of sp³-hybridized carbons (Fsp3) is 0.467. The Hall–Kier alpha value is -1.59. The van der Waals surface area contributed by atoms with Gasteiger partial charge in [0.15, 0.2) is 0 Å². The Balaban J connectivity index is 2.03. The van der Waals surface area contributed by atoms with Crippen LogP contribution in [0.15, 0.2) is 18.2 Å². The molecule has 0 aromatic heterocycles. The quantitative estimate of drug-likeness (QED) is 0.926. The molecule has 0 saturated carbocycles. The lowest BCUT2D eigenvalue weighted by Gasteiger charge is -2.36. The van der Waals surface area contributed by atoms with Crippen molar-refractivity contribution in [3.8, 4) is 0 Å². The Morgan fingerprint density at radius 2 is 1.86 bits per heavy atom. The molecule has 0 spiro atoms. The van der Waals surface area contributed by atoms with Crippen LogP contribution >= 0.6 is 11.6 Å². The Kier molecular flexibility index (Phi) is 4.85. The number of amides is 1. The summed E-state index contributed by atoms with van der Waals surface area (Å²) in [6.07, 6.45) is 0. The Labute approximate surface area is 129 Å². The van der Waals surface area contributed by atoms with Crippen LogP contribution in [-0.2, 0) is 4.79 Å². The van der Waals surface area contributed by atoms with E-state index in [0.717, 1.165) is 5.56 Å². The molecule has 1 aromatic carbocycles. The Morgan fingerprint density at radius 1 is 1.24 bits per heavy atom. The minimum absolute atomic E-state index is 0.0439. The van der Waals surface area contributed by atoms with Gasteiger partial charge in [0.2, 0.25) is 0 Å². The Morgan fingerprint density at radius 3 is 2.43 bits per heavy atom. The fourth-order valence-electron chi connectivity index (χ4n) is 2.46. The minimum atomic E-state index is -0.833. The highest BCUT2D eigenvalue weighted by molar-refractivity contribution is 6.31. The maximum Gasteiger partial charge on any atom is 0.320 e. The summed E-state index contributed by atoms with van der Waals surface area (Å²) in [6, 6.07) is 4.76. The van der Waals surface area contributed by atoms with Gasteiger partial charge in [-0.15, -0.1) is 0 Å². The van der Waals surface area contributed by atoms with Gasteiger partial charge in [-0.2, -0.15) is 0 Å². The number of piperazine rings is 1. The van der Waals surface area contributed by atoms with Crippen LogP contribution in [0, 0.1) is 6.92 Å². The molecule has 0 radical (unpaired) electrons. The van der Waals surface area contributed by atoms with Crippen molar-refractivity contribution in [1.82, 2.24) is 9.80 Å². The van der Waals surface area contributed by atoms with Crippen LogP contribution in [0.5, 0.6) is 0 Å². The van der Waals surface area contributed by atoms with Crippen LogP contribution < -0.4 is 0 Å². The van der Waals surface area contributed by atoms with Gasteiger partial charge in [0, 0.05) is 36.8 Å². The van der Waals surface area contributed by atoms with Crippen molar-refractivity contribution < 1.29 is 14.7 Å². The topological polar surface area (TPSA) is 60.9 Å². The van der Waals surface area contributed by atoms with Crippen LogP contribution in [0.4, 0.5) is 0 Å². The number of rotatable bonds is 3. The smallest absolute Gasteiger partial charge is 0.320 e. The summed E-state index contributed by atoms with van der Waals surface area (Å²) < 4.78 is 0. The summed E-state index contributed by atoms with van der Waals surface area (Å²) in [6.45, 7) is 5.75. The molecule has 114 valence electrons. The number of benzene rings is 1. The standard InChI is InChI=1S/C15H19ClN2O3/c1-10-3-4-12(16)9-13(10)14(19)18-7-5-17(6-8-18)11(2)15(20)21/h3-4,9,11H,5-8H2,1-2H3,(H,20,21). The van der Waals surface area contributed by atoms with Crippen LogP contribution in [-0.4, -0.2) is 59.0 Å². The molecule has 1 N–H and O–H groups in total. The molecule has 1 unspecified atom stereocenters. The van der Waals surface area contributed by atoms with E-state index in [9.17, 15) is 9.59 Å². The van der Waals surface area contributed by atoms with Gasteiger partial charge in [-0.05, 0) is 31.5 Å². The SMILES string of the molecule is Cc1ccc(Cl)cc1C(=O)N1CCN(C(C)C(=O)O)CC1. The molecule has 0 aliphatic carbocycles. The number of hydrogen-bond donors (Lipinski definition) is 1. The van der Waals surface area contributed by atoms with E-state index in [0.29, 0.717) is 36.8 Å². The zero-order chi connectivity index (χ0) is 15.6. The molecule has 1 aromatic rings. The molecule has 0 bridgehead atoms. The third kappa shape index (κ3) is 3.54.